The van der Waals surface area contributed by atoms with Gasteiger partial charge in [0.2, 0.25) is 0 Å². The molecule has 0 amide bonds. The first kappa shape index (κ1) is 10.9. The molecule has 0 bridgehead atoms. The summed E-state index contributed by atoms with van der Waals surface area (Å²) in [5.74, 6) is 0.946. The largest absolute Gasteiger partial charge is 0.311 e. The third-order valence-corrected chi connectivity index (χ3v) is 3.28. The van der Waals surface area contributed by atoms with Crippen LogP contribution in [0, 0.1) is 0 Å². The van der Waals surface area contributed by atoms with Crippen molar-refractivity contribution in [2.45, 2.75) is 13.0 Å². The van der Waals surface area contributed by atoms with Crippen LogP contribution in [0.2, 0.25) is 5.02 Å². The lowest BCUT2D eigenvalue weighted by molar-refractivity contribution is 0.607. The van der Waals surface area contributed by atoms with Gasteiger partial charge in [0, 0.05) is 6.20 Å². The smallest absolute Gasteiger partial charge is 0.133 e. The van der Waals surface area contributed by atoms with Gasteiger partial charge in [0.25, 0.3) is 0 Å². The molecule has 1 unspecified atom stereocenters. The SMILES string of the molecule is CNC(C)c1nc(Br)c2c(Cl)cccn12. The first-order valence-electron chi connectivity index (χ1n) is 4.64. The maximum atomic E-state index is 6.11. The van der Waals surface area contributed by atoms with Crippen LogP contribution in [0.3, 0.4) is 0 Å². The molecule has 0 radical (unpaired) electrons. The van der Waals surface area contributed by atoms with Crippen molar-refractivity contribution in [2.24, 2.45) is 0 Å². The molecule has 0 aliphatic carbocycles. The van der Waals surface area contributed by atoms with E-state index >= 15 is 0 Å². The van der Waals surface area contributed by atoms with Gasteiger partial charge in [-0.15, -0.1) is 0 Å². The molecule has 2 rings (SSSR count). The fraction of sp³-hybridized carbons (Fsp3) is 0.300. The molecule has 15 heavy (non-hydrogen) atoms. The summed E-state index contributed by atoms with van der Waals surface area (Å²) in [6.07, 6.45) is 1.96. The molecule has 0 saturated heterocycles. The molecular weight excluding hydrogens is 277 g/mol. The minimum absolute atomic E-state index is 0.183. The molecule has 1 atom stereocenters. The third kappa shape index (κ3) is 1.77. The minimum atomic E-state index is 0.183. The normalized spacial score (nSPS) is 13.3. The topological polar surface area (TPSA) is 29.3 Å². The zero-order valence-electron chi connectivity index (χ0n) is 8.46. The van der Waals surface area contributed by atoms with Gasteiger partial charge in [-0.3, -0.25) is 4.40 Å². The van der Waals surface area contributed by atoms with Crippen molar-refractivity contribution in [3.63, 3.8) is 0 Å². The van der Waals surface area contributed by atoms with Gasteiger partial charge in [-0.2, -0.15) is 0 Å². The lowest BCUT2D eigenvalue weighted by Crippen LogP contribution is -2.15. The molecular formula is C10H11BrClN3. The zero-order chi connectivity index (χ0) is 11.0. The van der Waals surface area contributed by atoms with Crippen LogP contribution in [0.5, 0.6) is 0 Å². The highest BCUT2D eigenvalue weighted by molar-refractivity contribution is 9.10. The lowest BCUT2D eigenvalue weighted by atomic mass is 10.3. The van der Waals surface area contributed by atoms with Crippen molar-refractivity contribution in [3.8, 4) is 0 Å². The molecule has 80 valence electrons. The van der Waals surface area contributed by atoms with Gasteiger partial charge in [0.15, 0.2) is 0 Å². The standard InChI is InChI=1S/C10H11BrClN3/c1-6(13-2)10-14-9(11)8-7(12)4-3-5-15(8)10/h3-6,13H,1-2H3. The minimum Gasteiger partial charge on any atom is -0.311 e. The van der Waals surface area contributed by atoms with E-state index in [4.69, 9.17) is 11.6 Å². The quantitative estimate of drug-likeness (QED) is 0.920. The maximum Gasteiger partial charge on any atom is 0.133 e. The Bertz CT molecular complexity index is 495. The average Bonchev–Trinajstić information content (AvgIpc) is 2.56. The van der Waals surface area contributed by atoms with Crippen LogP contribution in [0.1, 0.15) is 18.8 Å². The molecule has 0 aliphatic heterocycles. The van der Waals surface area contributed by atoms with E-state index in [1.165, 1.54) is 0 Å². The first-order chi connectivity index (χ1) is 7.15. The van der Waals surface area contributed by atoms with Gasteiger partial charge in [-0.05, 0) is 42.0 Å². The molecule has 0 saturated carbocycles. The molecule has 0 fully saturated rings. The van der Waals surface area contributed by atoms with Gasteiger partial charge >= 0.3 is 0 Å². The predicted octanol–water partition coefficient (Wildman–Crippen LogP) is 3.03. The number of hydrogen-bond acceptors (Lipinski definition) is 2. The molecule has 2 heterocycles. The van der Waals surface area contributed by atoms with Crippen molar-refractivity contribution in [2.75, 3.05) is 7.05 Å². The van der Waals surface area contributed by atoms with E-state index in [9.17, 15) is 0 Å². The number of nitrogens with zero attached hydrogens (tertiary/aromatic N) is 2. The summed E-state index contributed by atoms with van der Waals surface area (Å²) in [6.45, 7) is 2.06. The van der Waals surface area contributed by atoms with E-state index in [1.807, 2.05) is 29.8 Å². The number of rotatable bonds is 2. The Labute approximate surface area is 102 Å². The Hall–Kier alpha value is -0.580. The third-order valence-electron chi connectivity index (χ3n) is 2.42. The van der Waals surface area contributed by atoms with Crippen LogP contribution in [0.25, 0.3) is 5.52 Å². The van der Waals surface area contributed by atoms with E-state index < -0.39 is 0 Å². The predicted molar refractivity (Wildman–Crippen MR) is 65.4 cm³/mol. The highest BCUT2D eigenvalue weighted by Gasteiger charge is 2.15. The van der Waals surface area contributed by atoms with Gasteiger partial charge in [-0.25, -0.2) is 4.98 Å². The number of hydrogen-bond donors (Lipinski definition) is 1. The summed E-state index contributed by atoms with van der Waals surface area (Å²) in [7, 11) is 1.91. The average molecular weight is 289 g/mol. The van der Waals surface area contributed by atoms with E-state index in [1.54, 1.807) is 0 Å². The number of aromatic nitrogens is 2. The van der Waals surface area contributed by atoms with Crippen molar-refractivity contribution < 1.29 is 0 Å². The van der Waals surface area contributed by atoms with Crippen molar-refractivity contribution in [3.05, 3.63) is 33.8 Å². The van der Waals surface area contributed by atoms with Crippen molar-refractivity contribution >= 4 is 33.0 Å². The molecule has 2 aromatic rings. The Morgan fingerprint density at radius 3 is 3.00 bits per heavy atom. The van der Waals surface area contributed by atoms with Crippen LogP contribution in [-0.2, 0) is 0 Å². The summed E-state index contributed by atoms with van der Waals surface area (Å²) in [5.41, 5.74) is 0.913. The lowest BCUT2D eigenvalue weighted by Gasteiger charge is -2.08. The van der Waals surface area contributed by atoms with Crippen LogP contribution in [-0.4, -0.2) is 16.4 Å². The second-order valence-corrected chi connectivity index (χ2v) is 4.50. The van der Waals surface area contributed by atoms with E-state index in [2.05, 4.69) is 33.2 Å². The van der Waals surface area contributed by atoms with Crippen LogP contribution < -0.4 is 5.32 Å². The second-order valence-electron chi connectivity index (χ2n) is 3.35. The van der Waals surface area contributed by atoms with Gasteiger partial charge < -0.3 is 5.32 Å². The van der Waals surface area contributed by atoms with Gasteiger partial charge in [-0.1, -0.05) is 11.6 Å². The van der Waals surface area contributed by atoms with Gasteiger partial charge in [0.1, 0.15) is 10.4 Å². The zero-order valence-corrected chi connectivity index (χ0v) is 10.8. The number of nitrogens with one attached hydrogen (secondary N) is 1. The Morgan fingerprint density at radius 1 is 1.60 bits per heavy atom. The summed E-state index contributed by atoms with van der Waals surface area (Å²) in [6, 6.07) is 3.95. The fourth-order valence-electron chi connectivity index (χ4n) is 1.51. The van der Waals surface area contributed by atoms with Crippen molar-refractivity contribution in [1.82, 2.24) is 14.7 Å². The van der Waals surface area contributed by atoms with Crippen LogP contribution in [0.4, 0.5) is 0 Å². The number of imidazole rings is 1. The molecule has 3 nitrogen and oxygen atoms in total. The summed E-state index contributed by atoms with van der Waals surface area (Å²) in [5, 5.41) is 3.86. The number of pyridine rings is 1. The van der Waals surface area contributed by atoms with E-state index in [-0.39, 0.29) is 6.04 Å². The molecule has 0 aliphatic rings. The first-order valence-corrected chi connectivity index (χ1v) is 5.81. The van der Waals surface area contributed by atoms with Crippen LogP contribution in [0.15, 0.2) is 22.9 Å². The highest BCUT2D eigenvalue weighted by Crippen LogP contribution is 2.28. The van der Waals surface area contributed by atoms with Crippen molar-refractivity contribution in [1.29, 1.82) is 0 Å². The molecule has 1 N–H and O–H groups in total. The molecule has 0 spiro atoms. The maximum absolute atomic E-state index is 6.11. The fourth-order valence-corrected chi connectivity index (χ4v) is 2.47. The monoisotopic (exact) mass is 287 g/mol. The number of fused-ring (bicyclic) bond motifs is 1. The Morgan fingerprint density at radius 2 is 2.33 bits per heavy atom. The summed E-state index contributed by atoms with van der Waals surface area (Å²) < 4.78 is 2.78. The van der Waals surface area contributed by atoms with E-state index in [0.717, 1.165) is 15.9 Å². The van der Waals surface area contributed by atoms with Crippen LogP contribution >= 0.6 is 27.5 Å². The number of halogens is 2. The molecule has 0 aromatic carbocycles. The summed E-state index contributed by atoms with van der Waals surface area (Å²) >= 11 is 9.53. The highest BCUT2D eigenvalue weighted by atomic mass is 79.9. The summed E-state index contributed by atoms with van der Waals surface area (Å²) in [4.78, 5) is 4.45. The second kappa shape index (κ2) is 4.12. The molecule has 5 heteroatoms. The van der Waals surface area contributed by atoms with E-state index in [0.29, 0.717) is 5.02 Å². The Kier molecular flexibility index (Phi) is 3.00. The Balaban J connectivity index is 2.73. The molecule has 2 aromatic heterocycles. The van der Waals surface area contributed by atoms with Gasteiger partial charge in [0.05, 0.1) is 16.6 Å².